The Morgan fingerprint density at radius 2 is 1.83 bits per heavy atom. The van der Waals surface area contributed by atoms with Crippen molar-refractivity contribution in [3.8, 4) is 11.5 Å². The van der Waals surface area contributed by atoms with E-state index in [0.29, 0.717) is 36.8 Å². The molecule has 2 aliphatic heterocycles. The van der Waals surface area contributed by atoms with E-state index in [4.69, 9.17) is 21.1 Å². The van der Waals surface area contributed by atoms with Gasteiger partial charge in [0, 0.05) is 32.9 Å². The molecule has 2 atom stereocenters. The largest absolute Gasteiger partial charge is 0.493 e. The van der Waals surface area contributed by atoms with Crippen LogP contribution in [0.4, 0.5) is 0 Å². The maximum atomic E-state index is 14.1. The van der Waals surface area contributed by atoms with Crippen LogP contribution in [0, 0.1) is 0 Å². The molecule has 0 fully saturated rings. The number of benzene rings is 2. The molecule has 5 rings (SSSR count). The monoisotopic (exact) mass is 494 g/mol. The lowest BCUT2D eigenvalue weighted by Crippen LogP contribution is -2.53. The second-order valence-corrected chi connectivity index (χ2v) is 9.76. The highest BCUT2D eigenvalue weighted by Crippen LogP contribution is 2.39. The number of amides is 1. The van der Waals surface area contributed by atoms with Crippen LogP contribution < -0.4 is 9.47 Å². The summed E-state index contributed by atoms with van der Waals surface area (Å²) in [5.41, 5.74) is 5.58. The first kappa shape index (κ1) is 23.7. The molecule has 0 N–H and O–H groups in total. The lowest BCUT2D eigenvalue weighted by molar-refractivity contribution is -0.140. The quantitative estimate of drug-likeness (QED) is 0.533. The third-order valence-electron chi connectivity index (χ3n) is 7.31. The summed E-state index contributed by atoms with van der Waals surface area (Å²) in [5.74, 6) is 1.55. The molecular formula is C27H31ClN4O3. The summed E-state index contributed by atoms with van der Waals surface area (Å²) in [7, 11) is 5.15. The van der Waals surface area contributed by atoms with Crippen LogP contribution in [0.3, 0.4) is 0 Å². The van der Waals surface area contributed by atoms with E-state index in [1.54, 1.807) is 25.1 Å². The summed E-state index contributed by atoms with van der Waals surface area (Å²) in [6.45, 7) is 3.97. The fourth-order valence-corrected chi connectivity index (χ4v) is 5.67. The molecule has 0 spiro atoms. The summed E-state index contributed by atoms with van der Waals surface area (Å²) in [4.78, 5) is 18.4. The Kier molecular flexibility index (Phi) is 6.47. The second-order valence-electron chi connectivity index (χ2n) is 9.35. The van der Waals surface area contributed by atoms with Crippen LogP contribution in [0.1, 0.15) is 40.9 Å². The second kappa shape index (κ2) is 9.55. The summed E-state index contributed by atoms with van der Waals surface area (Å²) in [6.07, 6.45) is 3.25. The Morgan fingerprint density at radius 1 is 1.11 bits per heavy atom. The molecule has 0 radical (unpaired) electrons. The third kappa shape index (κ3) is 4.39. The molecule has 0 saturated heterocycles. The lowest BCUT2D eigenvalue weighted by atomic mass is 9.89. The first-order valence-corrected chi connectivity index (χ1v) is 12.3. The zero-order valence-electron chi connectivity index (χ0n) is 20.6. The van der Waals surface area contributed by atoms with Gasteiger partial charge in [-0.2, -0.15) is 5.10 Å². The first-order valence-electron chi connectivity index (χ1n) is 11.9. The highest BCUT2D eigenvalue weighted by Gasteiger charge is 2.38. The van der Waals surface area contributed by atoms with Crippen LogP contribution in [-0.2, 0) is 37.8 Å². The molecule has 184 valence electrons. The lowest BCUT2D eigenvalue weighted by Gasteiger charge is -2.42. The van der Waals surface area contributed by atoms with Crippen molar-refractivity contribution < 1.29 is 14.3 Å². The van der Waals surface area contributed by atoms with E-state index in [2.05, 4.69) is 35.1 Å². The van der Waals surface area contributed by atoms with E-state index in [1.807, 2.05) is 30.1 Å². The number of carbonyl (C=O) groups excluding carboxylic acids is 1. The first-order chi connectivity index (χ1) is 16.9. The molecule has 0 unspecified atom stereocenters. The number of ether oxygens (including phenoxy) is 2. The topological polar surface area (TPSA) is 59.8 Å². The molecule has 1 amide bonds. The Bertz CT molecular complexity index is 1260. The minimum atomic E-state index is -0.285. The van der Waals surface area contributed by atoms with Gasteiger partial charge in [-0.25, -0.2) is 0 Å². The molecule has 7 nitrogen and oxygen atoms in total. The van der Waals surface area contributed by atoms with Gasteiger partial charge < -0.3 is 14.4 Å². The van der Waals surface area contributed by atoms with Gasteiger partial charge in [-0.3, -0.25) is 14.4 Å². The number of rotatable bonds is 5. The van der Waals surface area contributed by atoms with E-state index in [1.165, 1.54) is 16.7 Å². The summed E-state index contributed by atoms with van der Waals surface area (Å²) in [5, 5.41) is 5.16. The van der Waals surface area contributed by atoms with Crippen molar-refractivity contribution in [2.75, 3.05) is 20.8 Å². The Balaban J connectivity index is 1.46. The maximum absolute atomic E-state index is 14.1. The molecule has 3 aromatic rings. The summed E-state index contributed by atoms with van der Waals surface area (Å²) >= 11 is 6.45. The molecule has 3 heterocycles. The normalized spacial score (nSPS) is 19.7. The van der Waals surface area contributed by atoms with Crippen molar-refractivity contribution in [2.45, 2.75) is 44.9 Å². The average molecular weight is 495 g/mol. The molecule has 0 aliphatic carbocycles. The highest BCUT2D eigenvalue weighted by atomic mass is 35.5. The number of nitrogens with zero attached hydrogens (tertiary/aromatic N) is 4. The van der Waals surface area contributed by atoms with E-state index >= 15 is 0 Å². The van der Waals surface area contributed by atoms with Gasteiger partial charge >= 0.3 is 0 Å². The molecule has 0 bridgehead atoms. The fourth-order valence-electron chi connectivity index (χ4n) is 5.43. The van der Waals surface area contributed by atoms with Crippen LogP contribution >= 0.6 is 11.6 Å². The number of aromatic nitrogens is 2. The van der Waals surface area contributed by atoms with Crippen molar-refractivity contribution in [3.05, 3.63) is 75.6 Å². The van der Waals surface area contributed by atoms with Crippen LogP contribution in [0.5, 0.6) is 11.5 Å². The minimum absolute atomic E-state index is 0.0662. The fraction of sp³-hybridized carbons (Fsp3) is 0.407. The molecule has 8 heteroatoms. The molecule has 35 heavy (non-hydrogen) atoms. The summed E-state index contributed by atoms with van der Waals surface area (Å²) in [6, 6.07) is 12.1. The molecule has 2 aromatic carbocycles. The van der Waals surface area contributed by atoms with Gasteiger partial charge in [-0.05, 0) is 54.2 Å². The maximum Gasteiger partial charge on any atom is 0.240 e. The predicted octanol–water partition coefficient (Wildman–Crippen LogP) is 4.16. The van der Waals surface area contributed by atoms with Crippen molar-refractivity contribution in [3.63, 3.8) is 0 Å². The van der Waals surface area contributed by atoms with Crippen molar-refractivity contribution in [2.24, 2.45) is 7.05 Å². The Labute approximate surface area is 211 Å². The SMILES string of the molecule is COc1cc2c(cc1OC)[C@@H](C)N(C(=O)[C@@H]1Cc3ccccc3CN1Cc1nn(C)cc1Cl)CC2. The van der Waals surface area contributed by atoms with Crippen LogP contribution in [0.2, 0.25) is 5.02 Å². The zero-order chi connectivity index (χ0) is 24.7. The average Bonchev–Trinajstić information content (AvgIpc) is 3.18. The van der Waals surface area contributed by atoms with Gasteiger partial charge in [0.05, 0.1) is 37.0 Å². The van der Waals surface area contributed by atoms with Gasteiger partial charge in [0.1, 0.15) is 0 Å². The number of carbonyl (C=O) groups is 1. The van der Waals surface area contributed by atoms with Gasteiger partial charge in [0.15, 0.2) is 11.5 Å². The number of methoxy groups -OCH3 is 2. The van der Waals surface area contributed by atoms with E-state index < -0.39 is 0 Å². The van der Waals surface area contributed by atoms with Crippen molar-refractivity contribution >= 4 is 17.5 Å². The molecule has 0 saturated carbocycles. The number of halogens is 1. The minimum Gasteiger partial charge on any atom is -0.493 e. The number of fused-ring (bicyclic) bond motifs is 2. The van der Waals surface area contributed by atoms with Crippen LogP contribution in [-0.4, -0.2) is 52.3 Å². The van der Waals surface area contributed by atoms with Crippen LogP contribution in [0.25, 0.3) is 0 Å². The van der Waals surface area contributed by atoms with Crippen molar-refractivity contribution in [1.29, 1.82) is 0 Å². The standard InChI is InChI=1S/C27H31ClN4O3/c1-17-21-13-26(35-4)25(34-3)12-19(21)9-10-32(17)27(33)24-11-18-7-5-6-8-20(18)14-31(24)16-23-22(28)15-30(2)29-23/h5-8,12-13,15,17,24H,9-11,14,16H2,1-4H3/t17-,24+/m1/s1. The molecular weight excluding hydrogens is 464 g/mol. The van der Waals surface area contributed by atoms with Gasteiger partial charge in [-0.1, -0.05) is 35.9 Å². The molecule has 1 aromatic heterocycles. The predicted molar refractivity (Wildman–Crippen MR) is 135 cm³/mol. The van der Waals surface area contributed by atoms with Crippen LogP contribution in [0.15, 0.2) is 42.6 Å². The van der Waals surface area contributed by atoms with E-state index in [9.17, 15) is 4.79 Å². The number of aryl methyl sites for hydroxylation is 1. The van der Waals surface area contributed by atoms with Gasteiger partial charge in [0.2, 0.25) is 5.91 Å². The van der Waals surface area contributed by atoms with E-state index in [0.717, 1.165) is 23.4 Å². The summed E-state index contributed by atoms with van der Waals surface area (Å²) < 4.78 is 12.8. The van der Waals surface area contributed by atoms with Gasteiger partial charge in [-0.15, -0.1) is 0 Å². The van der Waals surface area contributed by atoms with E-state index in [-0.39, 0.29) is 18.0 Å². The smallest absolute Gasteiger partial charge is 0.240 e. The van der Waals surface area contributed by atoms with Gasteiger partial charge in [0.25, 0.3) is 0 Å². The Morgan fingerprint density at radius 3 is 2.51 bits per heavy atom. The zero-order valence-corrected chi connectivity index (χ0v) is 21.4. The highest BCUT2D eigenvalue weighted by molar-refractivity contribution is 6.31. The Hall–Kier alpha value is -3.03. The number of hydrogen-bond donors (Lipinski definition) is 0. The number of hydrogen-bond acceptors (Lipinski definition) is 5. The van der Waals surface area contributed by atoms with Crippen molar-refractivity contribution in [1.82, 2.24) is 19.6 Å². The molecule has 2 aliphatic rings. The third-order valence-corrected chi connectivity index (χ3v) is 7.62.